The molecule has 1 heterocycles. The van der Waals surface area contributed by atoms with E-state index >= 15 is 0 Å². The van der Waals surface area contributed by atoms with E-state index < -0.39 is 29.3 Å². The first kappa shape index (κ1) is 28.4. The van der Waals surface area contributed by atoms with Crippen LogP contribution in [0.2, 0.25) is 5.02 Å². The van der Waals surface area contributed by atoms with Crippen molar-refractivity contribution in [1.29, 1.82) is 0 Å². The summed E-state index contributed by atoms with van der Waals surface area (Å²) >= 11 is 5.82. The number of carbonyl (C=O) groups excluding carboxylic acids is 2. The molecule has 0 amide bonds. The van der Waals surface area contributed by atoms with E-state index in [9.17, 15) is 28.0 Å². The van der Waals surface area contributed by atoms with Gasteiger partial charge in [-0.05, 0) is 49.3 Å². The van der Waals surface area contributed by atoms with Gasteiger partial charge in [0.15, 0.2) is 17.8 Å². The number of carbonyl (C=O) groups is 2. The van der Waals surface area contributed by atoms with Crippen molar-refractivity contribution in [2.75, 3.05) is 0 Å². The fraction of sp³-hybridized carbons (Fsp3) is 0.345. The molecule has 2 aromatic carbocycles. The number of ketones is 2. The lowest BCUT2D eigenvalue weighted by atomic mass is 9.88. The lowest BCUT2D eigenvalue weighted by molar-refractivity contribution is -0.614. The van der Waals surface area contributed by atoms with Crippen LogP contribution in [0.5, 0.6) is 0 Å². The largest absolute Gasteiger partial charge is 0.618 e. The number of Topliss-reactive ketones (excluding diaryl/α,β-unsaturated/α-hetero) is 2. The Hall–Kier alpha value is -3.19. The minimum Gasteiger partial charge on any atom is -0.618 e. The van der Waals surface area contributed by atoms with E-state index in [1.165, 1.54) is 19.1 Å². The topological polar surface area (TPSA) is 61.1 Å². The van der Waals surface area contributed by atoms with Gasteiger partial charge in [0.25, 0.3) is 6.43 Å². The molecular formula is C29H29ClF3NO3. The van der Waals surface area contributed by atoms with Crippen LogP contribution >= 0.6 is 11.6 Å². The van der Waals surface area contributed by atoms with Crippen molar-refractivity contribution < 1.29 is 27.5 Å². The standard InChI is InChI=1S/C28H25ClF3NO3.CH4/c1-15-11-20(15)13-22(25(35)12-17-3-5-18(6-4-17)16(2)34)24-10-7-19(14-33(24)36)26-21(28(31)32)8-9-23(29)27(26)30;/h3-10,14-15,20,22,28H,11-13H2,1-2H3;1H4/t15-,20+,22+;/m0./s1. The van der Waals surface area contributed by atoms with Gasteiger partial charge < -0.3 is 5.21 Å². The van der Waals surface area contributed by atoms with Crippen LogP contribution in [0, 0.1) is 22.9 Å². The second-order valence-electron chi connectivity index (χ2n) is 9.45. The number of nitrogens with zero attached hydrogens (tertiary/aromatic N) is 1. The van der Waals surface area contributed by atoms with Crippen LogP contribution in [-0.2, 0) is 11.2 Å². The van der Waals surface area contributed by atoms with Crippen molar-refractivity contribution in [1.82, 2.24) is 0 Å². The Bertz CT molecular complexity index is 1310. The maximum Gasteiger partial charge on any atom is 0.264 e. The Morgan fingerprint density at radius 3 is 2.30 bits per heavy atom. The molecule has 8 heteroatoms. The van der Waals surface area contributed by atoms with E-state index in [2.05, 4.69) is 6.92 Å². The molecule has 3 aromatic rings. The van der Waals surface area contributed by atoms with E-state index in [1.807, 2.05) is 0 Å². The molecule has 1 aliphatic rings. The van der Waals surface area contributed by atoms with E-state index in [0.717, 1.165) is 30.3 Å². The van der Waals surface area contributed by atoms with Gasteiger partial charge in [-0.1, -0.05) is 56.3 Å². The first-order chi connectivity index (χ1) is 17.1. The molecule has 0 bridgehead atoms. The van der Waals surface area contributed by atoms with Crippen LogP contribution < -0.4 is 4.73 Å². The van der Waals surface area contributed by atoms with Gasteiger partial charge in [-0.3, -0.25) is 9.59 Å². The molecule has 196 valence electrons. The normalized spacial score (nSPS) is 17.3. The Morgan fingerprint density at radius 2 is 1.76 bits per heavy atom. The van der Waals surface area contributed by atoms with Crippen LogP contribution in [0.1, 0.15) is 73.6 Å². The van der Waals surface area contributed by atoms with Crippen molar-refractivity contribution in [3.63, 3.8) is 0 Å². The van der Waals surface area contributed by atoms with Gasteiger partial charge in [-0.25, -0.2) is 13.2 Å². The van der Waals surface area contributed by atoms with Gasteiger partial charge in [0, 0.05) is 29.2 Å². The molecule has 1 fully saturated rings. The minimum absolute atomic E-state index is 0. The van der Waals surface area contributed by atoms with Gasteiger partial charge in [0.2, 0.25) is 5.69 Å². The number of hydrogen-bond donors (Lipinski definition) is 0. The molecule has 0 aliphatic heterocycles. The number of halogens is 4. The lowest BCUT2D eigenvalue weighted by Gasteiger charge is -2.17. The molecule has 0 spiro atoms. The number of hydrogen-bond acceptors (Lipinski definition) is 3. The number of rotatable bonds is 9. The molecule has 37 heavy (non-hydrogen) atoms. The summed E-state index contributed by atoms with van der Waals surface area (Å²) in [5.74, 6) is -1.23. The molecular weight excluding hydrogens is 503 g/mol. The summed E-state index contributed by atoms with van der Waals surface area (Å²) in [6.07, 6.45) is -0.426. The first-order valence-corrected chi connectivity index (χ1v) is 12.1. The number of aromatic nitrogens is 1. The summed E-state index contributed by atoms with van der Waals surface area (Å²) in [4.78, 5) is 24.9. The Labute approximate surface area is 219 Å². The fourth-order valence-corrected chi connectivity index (χ4v) is 4.74. The number of alkyl halides is 2. The maximum absolute atomic E-state index is 14.7. The van der Waals surface area contributed by atoms with Crippen LogP contribution in [0.25, 0.3) is 11.1 Å². The van der Waals surface area contributed by atoms with E-state index in [4.69, 9.17) is 11.6 Å². The molecule has 4 rings (SSSR count). The summed E-state index contributed by atoms with van der Waals surface area (Å²) in [5.41, 5.74) is 0.393. The van der Waals surface area contributed by atoms with Crippen molar-refractivity contribution >= 4 is 23.2 Å². The molecule has 3 atom stereocenters. The zero-order chi connectivity index (χ0) is 26.1. The summed E-state index contributed by atoms with van der Waals surface area (Å²) in [7, 11) is 0. The average Bonchev–Trinajstić information content (AvgIpc) is 3.53. The summed E-state index contributed by atoms with van der Waals surface area (Å²) in [6.45, 7) is 3.54. The van der Waals surface area contributed by atoms with Crippen molar-refractivity contribution in [2.45, 2.75) is 52.9 Å². The summed E-state index contributed by atoms with van der Waals surface area (Å²) in [6, 6.07) is 11.6. The van der Waals surface area contributed by atoms with Crippen molar-refractivity contribution in [2.24, 2.45) is 11.8 Å². The number of benzene rings is 2. The molecule has 0 unspecified atom stereocenters. The van der Waals surface area contributed by atoms with Gasteiger partial charge >= 0.3 is 0 Å². The monoisotopic (exact) mass is 531 g/mol. The highest BCUT2D eigenvalue weighted by atomic mass is 35.5. The zero-order valence-corrected chi connectivity index (χ0v) is 20.6. The van der Waals surface area contributed by atoms with Crippen molar-refractivity contribution in [3.05, 3.63) is 93.2 Å². The highest BCUT2D eigenvalue weighted by molar-refractivity contribution is 6.31. The Balaban J connectivity index is 0.00000380. The molecule has 0 N–H and O–H groups in total. The van der Waals surface area contributed by atoms with Crippen LogP contribution in [0.3, 0.4) is 0 Å². The van der Waals surface area contributed by atoms with Crippen molar-refractivity contribution in [3.8, 4) is 11.1 Å². The number of pyridine rings is 1. The maximum atomic E-state index is 14.7. The lowest BCUT2D eigenvalue weighted by Crippen LogP contribution is -2.36. The summed E-state index contributed by atoms with van der Waals surface area (Å²) in [5, 5.41) is 12.7. The smallest absolute Gasteiger partial charge is 0.264 e. The third kappa shape index (κ3) is 6.21. The highest BCUT2D eigenvalue weighted by Gasteiger charge is 2.39. The molecule has 4 nitrogen and oxygen atoms in total. The highest BCUT2D eigenvalue weighted by Crippen LogP contribution is 2.45. The quantitative estimate of drug-likeness (QED) is 0.163. The fourth-order valence-electron chi connectivity index (χ4n) is 4.58. The summed E-state index contributed by atoms with van der Waals surface area (Å²) < 4.78 is 42.3. The molecule has 0 radical (unpaired) electrons. The molecule has 1 aliphatic carbocycles. The second kappa shape index (κ2) is 11.5. The van der Waals surface area contributed by atoms with Crippen LogP contribution in [0.4, 0.5) is 13.2 Å². The molecule has 1 saturated carbocycles. The second-order valence-corrected chi connectivity index (χ2v) is 9.86. The third-order valence-electron chi connectivity index (χ3n) is 6.89. The van der Waals surface area contributed by atoms with E-state index in [1.54, 1.807) is 24.3 Å². The predicted molar refractivity (Wildman–Crippen MR) is 137 cm³/mol. The van der Waals surface area contributed by atoms with Gasteiger partial charge in [0.05, 0.1) is 10.6 Å². The van der Waals surface area contributed by atoms with Gasteiger partial charge in [0.1, 0.15) is 11.7 Å². The van der Waals surface area contributed by atoms with Gasteiger partial charge in [-0.15, -0.1) is 0 Å². The molecule has 0 saturated heterocycles. The van der Waals surface area contributed by atoms with E-state index in [-0.39, 0.29) is 41.7 Å². The van der Waals surface area contributed by atoms with Crippen LogP contribution in [0.15, 0.2) is 54.7 Å². The minimum atomic E-state index is -2.97. The van der Waals surface area contributed by atoms with Crippen LogP contribution in [-0.4, -0.2) is 11.6 Å². The first-order valence-electron chi connectivity index (χ1n) is 11.7. The van der Waals surface area contributed by atoms with E-state index in [0.29, 0.717) is 28.6 Å². The SMILES string of the molecule is C.CC(=O)c1ccc(CC(=O)[C@H](C[C@H]2C[C@@H]2C)c2ccc(-c3c(C(F)F)ccc(Cl)c3F)c[n+]2[O-])cc1. The predicted octanol–water partition coefficient (Wildman–Crippen LogP) is 7.50. The molecule has 1 aromatic heterocycles. The Kier molecular flexibility index (Phi) is 8.80. The average molecular weight is 532 g/mol. The Morgan fingerprint density at radius 1 is 1.11 bits per heavy atom. The van der Waals surface area contributed by atoms with Gasteiger partial charge in [-0.2, -0.15) is 4.73 Å². The third-order valence-corrected chi connectivity index (χ3v) is 7.19. The zero-order valence-electron chi connectivity index (χ0n) is 19.8.